The number of carbonyl (C=O) groups excluding carboxylic acids is 1. The number of thiocarbonyl (C=S) groups is 1. The predicted molar refractivity (Wildman–Crippen MR) is 92.9 cm³/mol. The van der Waals surface area contributed by atoms with E-state index in [1.165, 1.54) is 12.7 Å². The van der Waals surface area contributed by atoms with Crippen LogP contribution in [0.4, 0.5) is 0 Å². The quantitative estimate of drug-likeness (QED) is 0.681. The molecule has 0 aliphatic heterocycles. The third-order valence-corrected chi connectivity index (χ3v) is 4.58. The largest absolute Gasteiger partial charge is 0.469 e. The normalized spacial score (nSPS) is 24.8. The summed E-state index contributed by atoms with van der Waals surface area (Å²) in [5.74, 6) is 0.0981. The fraction of sp³-hybridized carbons (Fsp3) is 0.556. The van der Waals surface area contributed by atoms with Crippen molar-refractivity contribution in [1.82, 2.24) is 5.32 Å². The monoisotopic (exact) mass is 319 g/mol. The Morgan fingerprint density at radius 2 is 1.77 bits per heavy atom. The third kappa shape index (κ3) is 4.07. The van der Waals surface area contributed by atoms with Crippen molar-refractivity contribution < 1.29 is 9.53 Å². The van der Waals surface area contributed by atoms with Crippen LogP contribution in [0.25, 0.3) is 0 Å². The minimum Gasteiger partial charge on any atom is -0.469 e. The van der Waals surface area contributed by atoms with Gasteiger partial charge in [-0.2, -0.15) is 0 Å². The summed E-state index contributed by atoms with van der Waals surface area (Å²) in [6.07, 6.45) is 1.69. The summed E-state index contributed by atoms with van der Waals surface area (Å²) >= 11 is 5.59. The summed E-state index contributed by atoms with van der Waals surface area (Å²) in [7, 11) is 1.45. The zero-order chi connectivity index (χ0) is 16.3. The molecule has 0 bridgehead atoms. The Hall–Kier alpha value is -1.42. The van der Waals surface area contributed by atoms with Crippen molar-refractivity contribution in [2.75, 3.05) is 7.11 Å². The van der Waals surface area contributed by atoms with Crippen molar-refractivity contribution >= 4 is 23.2 Å². The van der Waals surface area contributed by atoms with E-state index in [2.05, 4.69) is 38.2 Å². The second-order valence-electron chi connectivity index (χ2n) is 7.05. The minimum absolute atomic E-state index is 0.0480. The maximum absolute atomic E-state index is 12.2. The molecule has 1 saturated carbocycles. The number of hydrogen-bond donors (Lipinski definition) is 1. The molecule has 0 saturated heterocycles. The summed E-state index contributed by atoms with van der Waals surface area (Å²) in [6.45, 7) is 6.24. The molecular weight excluding hydrogens is 294 g/mol. The summed E-state index contributed by atoms with van der Waals surface area (Å²) in [5.41, 5.74) is 1.18. The van der Waals surface area contributed by atoms with E-state index in [0.717, 1.165) is 17.8 Å². The molecule has 0 amide bonds. The van der Waals surface area contributed by atoms with Crippen LogP contribution in [-0.4, -0.2) is 23.6 Å². The van der Waals surface area contributed by atoms with Crippen LogP contribution >= 0.6 is 12.2 Å². The maximum Gasteiger partial charge on any atom is 0.309 e. The lowest BCUT2D eigenvalue weighted by molar-refractivity contribution is -0.145. The van der Waals surface area contributed by atoms with E-state index in [-0.39, 0.29) is 23.3 Å². The first kappa shape index (κ1) is 16.9. The van der Waals surface area contributed by atoms with E-state index in [1.54, 1.807) is 0 Å². The van der Waals surface area contributed by atoms with Crippen LogP contribution in [0, 0.1) is 11.8 Å². The molecule has 120 valence electrons. The van der Waals surface area contributed by atoms with Crippen LogP contribution in [0.15, 0.2) is 30.3 Å². The summed E-state index contributed by atoms with van der Waals surface area (Å²) in [6, 6.07) is 10.4. The molecule has 1 aliphatic rings. The van der Waals surface area contributed by atoms with E-state index < -0.39 is 0 Å². The molecule has 1 N–H and O–H groups in total. The van der Waals surface area contributed by atoms with Crippen LogP contribution in [0.2, 0.25) is 0 Å². The Morgan fingerprint density at radius 3 is 2.32 bits per heavy atom. The highest BCUT2D eigenvalue weighted by Gasteiger charge is 2.42. The summed E-state index contributed by atoms with van der Waals surface area (Å²) in [4.78, 5) is 12.9. The van der Waals surface area contributed by atoms with Crippen molar-refractivity contribution in [1.29, 1.82) is 0 Å². The van der Waals surface area contributed by atoms with Gasteiger partial charge in [0.15, 0.2) is 0 Å². The molecule has 4 heteroatoms. The second-order valence-corrected chi connectivity index (χ2v) is 7.49. The number of hydrogen-bond acceptors (Lipinski definition) is 3. The molecular formula is C18H25NO2S. The van der Waals surface area contributed by atoms with Crippen LogP contribution in [-0.2, 0) is 9.53 Å². The number of esters is 1. The van der Waals surface area contributed by atoms with Gasteiger partial charge in [-0.1, -0.05) is 42.5 Å². The zero-order valence-electron chi connectivity index (χ0n) is 13.8. The fourth-order valence-corrected chi connectivity index (χ4v) is 3.77. The summed E-state index contributed by atoms with van der Waals surface area (Å²) < 4.78 is 5.00. The molecule has 1 aliphatic carbocycles. The lowest BCUT2D eigenvalue weighted by Crippen LogP contribution is -2.44. The lowest BCUT2D eigenvalue weighted by Gasteiger charge is -2.27. The molecule has 0 aromatic heterocycles. The molecule has 3 nitrogen and oxygen atoms in total. The van der Waals surface area contributed by atoms with E-state index in [9.17, 15) is 4.79 Å². The molecule has 22 heavy (non-hydrogen) atoms. The van der Waals surface area contributed by atoms with Crippen LogP contribution in [0.1, 0.15) is 45.1 Å². The SMILES string of the molecule is COC(=O)[C@H]1C[C@@H](c2ccccc2)C[C@H]1C(=S)NC(C)(C)C. The van der Waals surface area contributed by atoms with Gasteiger partial charge in [-0.25, -0.2) is 0 Å². The van der Waals surface area contributed by atoms with Gasteiger partial charge < -0.3 is 10.1 Å². The first-order valence-electron chi connectivity index (χ1n) is 7.76. The fourth-order valence-electron chi connectivity index (χ4n) is 3.20. The van der Waals surface area contributed by atoms with Gasteiger partial charge in [0, 0.05) is 11.5 Å². The smallest absolute Gasteiger partial charge is 0.309 e. The van der Waals surface area contributed by atoms with Gasteiger partial charge in [-0.15, -0.1) is 0 Å². The third-order valence-electron chi connectivity index (χ3n) is 4.17. The number of ether oxygens (including phenoxy) is 1. The first-order chi connectivity index (χ1) is 10.3. The topological polar surface area (TPSA) is 38.3 Å². The molecule has 1 aromatic rings. The van der Waals surface area contributed by atoms with Gasteiger partial charge in [-0.05, 0) is 45.1 Å². The maximum atomic E-state index is 12.2. The molecule has 0 radical (unpaired) electrons. The number of rotatable bonds is 3. The highest BCUT2D eigenvalue weighted by molar-refractivity contribution is 7.80. The Bertz CT molecular complexity index is 536. The Kier molecular flexibility index (Phi) is 5.22. The molecule has 0 unspecified atom stereocenters. The molecule has 0 spiro atoms. The number of nitrogens with one attached hydrogen (secondary N) is 1. The number of methoxy groups -OCH3 is 1. The van der Waals surface area contributed by atoms with Gasteiger partial charge in [0.2, 0.25) is 0 Å². The molecule has 2 rings (SSSR count). The van der Waals surface area contributed by atoms with Gasteiger partial charge >= 0.3 is 5.97 Å². The number of benzene rings is 1. The van der Waals surface area contributed by atoms with Crippen LogP contribution in [0.5, 0.6) is 0 Å². The Morgan fingerprint density at radius 1 is 1.18 bits per heavy atom. The second kappa shape index (κ2) is 6.78. The minimum atomic E-state index is -0.155. The van der Waals surface area contributed by atoms with E-state index >= 15 is 0 Å². The molecule has 3 atom stereocenters. The number of carbonyl (C=O) groups is 1. The highest BCUT2D eigenvalue weighted by atomic mass is 32.1. The molecule has 0 heterocycles. The van der Waals surface area contributed by atoms with Gasteiger partial charge in [0.05, 0.1) is 18.0 Å². The highest BCUT2D eigenvalue weighted by Crippen LogP contribution is 2.43. The standard InChI is InChI=1S/C18H25NO2S/c1-18(2,3)19-16(22)14-10-13(11-15(14)17(20)21-4)12-8-6-5-7-9-12/h5-9,13-15H,10-11H2,1-4H3,(H,19,22)/t13-,14+,15-/m0/s1. The average molecular weight is 319 g/mol. The molecule has 1 aromatic carbocycles. The van der Waals surface area contributed by atoms with Crippen molar-refractivity contribution in [3.8, 4) is 0 Å². The van der Waals surface area contributed by atoms with Crippen molar-refractivity contribution in [3.63, 3.8) is 0 Å². The Labute approximate surface area is 138 Å². The van der Waals surface area contributed by atoms with Crippen molar-refractivity contribution in [2.45, 2.75) is 45.1 Å². The summed E-state index contributed by atoms with van der Waals surface area (Å²) in [5, 5.41) is 3.37. The van der Waals surface area contributed by atoms with Crippen molar-refractivity contribution in [2.24, 2.45) is 11.8 Å². The van der Waals surface area contributed by atoms with E-state index in [1.807, 2.05) is 18.2 Å². The van der Waals surface area contributed by atoms with Gasteiger partial charge in [-0.3, -0.25) is 4.79 Å². The van der Waals surface area contributed by atoms with Crippen molar-refractivity contribution in [3.05, 3.63) is 35.9 Å². The average Bonchev–Trinajstić information content (AvgIpc) is 2.91. The van der Waals surface area contributed by atoms with Gasteiger partial charge in [0.25, 0.3) is 0 Å². The Balaban J connectivity index is 2.19. The van der Waals surface area contributed by atoms with Crippen LogP contribution in [0.3, 0.4) is 0 Å². The van der Waals surface area contributed by atoms with E-state index in [4.69, 9.17) is 17.0 Å². The van der Waals surface area contributed by atoms with Crippen LogP contribution < -0.4 is 5.32 Å². The molecule has 1 fully saturated rings. The zero-order valence-corrected chi connectivity index (χ0v) is 14.6. The first-order valence-corrected chi connectivity index (χ1v) is 8.17. The van der Waals surface area contributed by atoms with Gasteiger partial charge in [0.1, 0.15) is 0 Å². The van der Waals surface area contributed by atoms with E-state index in [0.29, 0.717) is 5.92 Å². The predicted octanol–water partition coefficient (Wildman–Crippen LogP) is 3.68. The lowest BCUT2D eigenvalue weighted by atomic mass is 9.94.